The number of ether oxygens (including phenoxy) is 1. The van der Waals surface area contributed by atoms with Crippen molar-refractivity contribution < 1.29 is 13.9 Å². The fourth-order valence-corrected chi connectivity index (χ4v) is 2.80. The van der Waals surface area contributed by atoms with Gasteiger partial charge < -0.3 is 4.74 Å². The van der Waals surface area contributed by atoms with Crippen LogP contribution in [-0.4, -0.2) is 12.1 Å². The fourth-order valence-electron chi connectivity index (χ4n) is 2.80. The number of hydrogen-bond donors (Lipinski definition) is 1. The topological polar surface area (TPSA) is 50.7 Å². The highest BCUT2D eigenvalue weighted by Crippen LogP contribution is 2.22. The zero-order valence-electron chi connectivity index (χ0n) is 17.4. The van der Waals surface area contributed by atoms with E-state index in [2.05, 4.69) is 31.3 Å². The van der Waals surface area contributed by atoms with E-state index in [9.17, 15) is 9.18 Å². The van der Waals surface area contributed by atoms with E-state index >= 15 is 0 Å². The Morgan fingerprint density at radius 1 is 1.03 bits per heavy atom. The number of rotatable bonds is 6. The molecule has 30 heavy (non-hydrogen) atoms. The van der Waals surface area contributed by atoms with E-state index < -0.39 is 0 Å². The number of hydrazone groups is 1. The third kappa shape index (κ3) is 6.01. The van der Waals surface area contributed by atoms with Crippen LogP contribution in [0.2, 0.25) is 0 Å². The van der Waals surface area contributed by atoms with Crippen LogP contribution in [0.3, 0.4) is 0 Å². The summed E-state index contributed by atoms with van der Waals surface area (Å²) < 4.78 is 18.8. The Morgan fingerprint density at radius 2 is 1.73 bits per heavy atom. The average Bonchev–Trinajstić information content (AvgIpc) is 2.72. The first-order valence-electron chi connectivity index (χ1n) is 9.72. The highest BCUT2D eigenvalue weighted by atomic mass is 19.1. The molecule has 0 spiro atoms. The molecule has 0 atom stereocenters. The van der Waals surface area contributed by atoms with Gasteiger partial charge in [0.2, 0.25) is 0 Å². The molecule has 1 amide bonds. The van der Waals surface area contributed by atoms with Crippen LogP contribution in [0.4, 0.5) is 4.39 Å². The van der Waals surface area contributed by atoms with Crippen molar-refractivity contribution in [1.29, 1.82) is 0 Å². The molecule has 5 heteroatoms. The predicted octanol–water partition coefficient (Wildman–Crippen LogP) is 5.47. The van der Waals surface area contributed by atoms with Gasteiger partial charge in [0.25, 0.3) is 5.91 Å². The number of nitrogens with one attached hydrogen (secondary N) is 1. The van der Waals surface area contributed by atoms with Gasteiger partial charge in [-0.05, 0) is 70.6 Å². The van der Waals surface area contributed by atoms with E-state index in [1.165, 1.54) is 17.7 Å². The minimum atomic E-state index is -0.283. The van der Waals surface area contributed by atoms with Gasteiger partial charge in [0.1, 0.15) is 18.2 Å². The van der Waals surface area contributed by atoms with E-state index in [-0.39, 0.29) is 23.7 Å². The largest absolute Gasteiger partial charge is 0.489 e. The summed E-state index contributed by atoms with van der Waals surface area (Å²) >= 11 is 0. The number of carbonyl (C=O) groups excluding carboxylic acids is 1. The second kappa shape index (κ2) is 9.35. The van der Waals surface area contributed by atoms with Gasteiger partial charge in [0.05, 0.1) is 6.21 Å². The molecule has 154 valence electrons. The lowest BCUT2D eigenvalue weighted by Gasteiger charge is -2.18. The summed E-state index contributed by atoms with van der Waals surface area (Å²) in [4.78, 5) is 12.2. The molecule has 3 aromatic carbocycles. The summed E-state index contributed by atoms with van der Waals surface area (Å²) in [6.45, 7) is 6.67. The van der Waals surface area contributed by atoms with Crippen molar-refractivity contribution in [2.45, 2.75) is 32.8 Å². The lowest BCUT2D eigenvalue weighted by atomic mass is 9.87. The Hall–Kier alpha value is -3.47. The second-order valence-electron chi connectivity index (χ2n) is 8.01. The molecule has 0 fully saturated rings. The van der Waals surface area contributed by atoms with Crippen LogP contribution < -0.4 is 10.2 Å². The molecular formula is C25H25FN2O2. The molecule has 0 saturated heterocycles. The fraction of sp³-hybridized carbons (Fsp3) is 0.200. The predicted molar refractivity (Wildman–Crippen MR) is 117 cm³/mol. The number of carbonyl (C=O) groups is 1. The quantitative estimate of drug-likeness (QED) is 0.438. The summed E-state index contributed by atoms with van der Waals surface area (Å²) in [7, 11) is 0. The number of nitrogens with zero attached hydrogens (tertiary/aromatic N) is 1. The minimum absolute atomic E-state index is 0.0420. The zero-order chi connectivity index (χ0) is 21.6. The maximum atomic E-state index is 13.2. The van der Waals surface area contributed by atoms with Gasteiger partial charge in [-0.15, -0.1) is 0 Å². The molecule has 0 radical (unpaired) electrons. The van der Waals surface area contributed by atoms with Gasteiger partial charge in [-0.25, -0.2) is 9.82 Å². The molecule has 0 aliphatic rings. The van der Waals surface area contributed by atoms with E-state index in [1.807, 2.05) is 30.3 Å². The second-order valence-corrected chi connectivity index (χ2v) is 8.01. The maximum absolute atomic E-state index is 13.2. The Morgan fingerprint density at radius 3 is 2.37 bits per heavy atom. The van der Waals surface area contributed by atoms with Crippen molar-refractivity contribution in [3.63, 3.8) is 0 Å². The molecule has 0 aliphatic carbocycles. The molecule has 0 saturated carbocycles. The van der Waals surface area contributed by atoms with Crippen LogP contribution in [0.25, 0.3) is 0 Å². The molecule has 0 aromatic heterocycles. The highest BCUT2D eigenvalue weighted by Gasteiger charge is 2.14. The summed E-state index contributed by atoms with van der Waals surface area (Å²) in [6, 6.07) is 21.1. The monoisotopic (exact) mass is 404 g/mol. The zero-order valence-corrected chi connectivity index (χ0v) is 17.4. The van der Waals surface area contributed by atoms with Crippen molar-refractivity contribution in [1.82, 2.24) is 5.43 Å². The number of halogens is 1. The smallest absolute Gasteiger partial charge is 0.271 e. The molecule has 3 rings (SSSR count). The van der Waals surface area contributed by atoms with Crippen LogP contribution >= 0.6 is 0 Å². The number of hydrogen-bond acceptors (Lipinski definition) is 3. The van der Waals surface area contributed by atoms with E-state index in [1.54, 1.807) is 36.5 Å². The van der Waals surface area contributed by atoms with Gasteiger partial charge in [0.15, 0.2) is 0 Å². The molecule has 0 bridgehead atoms. The molecule has 0 heterocycles. The van der Waals surface area contributed by atoms with Crippen molar-refractivity contribution in [3.8, 4) is 5.75 Å². The highest BCUT2D eigenvalue weighted by molar-refractivity contribution is 5.94. The average molecular weight is 404 g/mol. The SMILES string of the molecule is CC(C)(C)c1ccc(C(=O)N/N=C/c2ccc(OCc3cccc(F)c3)cc2)cc1. The van der Waals surface area contributed by atoms with Crippen LogP contribution in [0.1, 0.15) is 47.8 Å². The van der Waals surface area contributed by atoms with Crippen molar-refractivity contribution in [2.24, 2.45) is 5.10 Å². The van der Waals surface area contributed by atoms with Gasteiger partial charge in [-0.1, -0.05) is 45.0 Å². The Labute approximate surface area is 176 Å². The standard InChI is InChI=1S/C25H25FN2O2/c1-25(2,3)21-11-9-20(10-12-21)24(29)28-27-16-18-7-13-23(14-8-18)30-17-19-5-4-6-22(26)15-19/h4-16H,17H2,1-3H3,(H,28,29)/b27-16+. The first-order valence-corrected chi connectivity index (χ1v) is 9.72. The summed E-state index contributed by atoms with van der Waals surface area (Å²) in [6.07, 6.45) is 1.57. The van der Waals surface area contributed by atoms with Gasteiger partial charge in [-0.3, -0.25) is 4.79 Å². The van der Waals surface area contributed by atoms with Crippen molar-refractivity contribution >= 4 is 12.1 Å². The van der Waals surface area contributed by atoms with Crippen molar-refractivity contribution in [3.05, 3.63) is 101 Å². The Kier molecular flexibility index (Phi) is 6.62. The van der Waals surface area contributed by atoms with E-state index in [0.717, 1.165) is 11.1 Å². The molecule has 0 aliphatic heterocycles. The molecular weight excluding hydrogens is 379 g/mol. The maximum Gasteiger partial charge on any atom is 0.271 e. The first kappa shape index (κ1) is 21.2. The molecule has 0 unspecified atom stereocenters. The Balaban J connectivity index is 1.51. The van der Waals surface area contributed by atoms with Crippen LogP contribution in [-0.2, 0) is 12.0 Å². The summed E-state index contributed by atoms with van der Waals surface area (Å²) in [5.41, 5.74) is 5.88. The molecule has 3 aromatic rings. The molecule has 4 nitrogen and oxygen atoms in total. The van der Waals surface area contributed by atoms with Crippen LogP contribution in [0, 0.1) is 5.82 Å². The normalized spacial score (nSPS) is 11.5. The minimum Gasteiger partial charge on any atom is -0.489 e. The lowest BCUT2D eigenvalue weighted by molar-refractivity contribution is 0.0955. The first-order chi connectivity index (χ1) is 14.3. The van der Waals surface area contributed by atoms with Gasteiger partial charge >= 0.3 is 0 Å². The van der Waals surface area contributed by atoms with Crippen LogP contribution in [0.5, 0.6) is 5.75 Å². The van der Waals surface area contributed by atoms with Gasteiger partial charge in [-0.2, -0.15) is 5.10 Å². The number of amides is 1. The van der Waals surface area contributed by atoms with Crippen molar-refractivity contribution in [2.75, 3.05) is 0 Å². The number of benzene rings is 3. The van der Waals surface area contributed by atoms with E-state index in [0.29, 0.717) is 11.3 Å². The molecule has 1 N–H and O–H groups in total. The summed E-state index contributed by atoms with van der Waals surface area (Å²) in [5.74, 6) is 0.121. The van der Waals surface area contributed by atoms with Crippen LogP contribution in [0.15, 0.2) is 77.9 Å². The third-order valence-corrected chi connectivity index (χ3v) is 4.57. The Bertz CT molecular complexity index is 1020. The summed E-state index contributed by atoms with van der Waals surface area (Å²) in [5, 5.41) is 4.02. The lowest BCUT2D eigenvalue weighted by Crippen LogP contribution is -2.18. The van der Waals surface area contributed by atoms with Gasteiger partial charge in [0, 0.05) is 5.56 Å². The third-order valence-electron chi connectivity index (χ3n) is 4.57. The van der Waals surface area contributed by atoms with E-state index in [4.69, 9.17) is 4.74 Å².